The van der Waals surface area contributed by atoms with Crippen molar-refractivity contribution in [2.75, 3.05) is 6.54 Å². The molecule has 1 nitrogen and oxygen atoms in total. The molecular formula is C13H17F2N. The predicted molar refractivity (Wildman–Crippen MR) is 63.1 cm³/mol. The fourth-order valence-electron chi connectivity index (χ4n) is 1.30. The van der Waals surface area contributed by atoms with Crippen LogP contribution in [0, 0.1) is 11.6 Å². The lowest BCUT2D eigenvalue weighted by atomic mass is 10.2. The van der Waals surface area contributed by atoms with Gasteiger partial charge in [-0.25, -0.2) is 8.78 Å². The van der Waals surface area contributed by atoms with Crippen LogP contribution in [0.25, 0.3) is 6.08 Å². The number of benzene rings is 1. The lowest BCUT2D eigenvalue weighted by molar-refractivity contribution is 0.581. The van der Waals surface area contributed by atoms with Crippen LogP contribution in [0.1, 0.15) is 25.8 Å². The molecule has 0 fully saturated rings. The minimum absolute atomic E-state index is 0.422. The van der Waals surface area contributed by atoms with E-state index < -0.39 is 11.6 Å². The minimum Gasteiger partial charge on any atom is -0.314 e. The number of rotatable bonds is 5. The van der Waals surface area contributed by atoms with Gasteiger partial charge in [0.25, 0.3) is 0 Å². The molecule has 0 aliphatic rings. The van der Waals surface area contributed by atoms with Crippen molar-refractivity contribution in [1.29, 1.82) is 0 Å². The summed E-state index contributed by atoms with van der Waals surface area (Å²) in [5, 5.41) is 3.25. The highest BCUT2D eigenvalue weighted by Gasteiger charge is 1.99. The third kappa shape index (κ3) is 4.53. The normalized spacial score (nSPS) is 11.6. The molecule has 0 amide bonds. The van der Waals surface area contributed by atoms with Crippen molar-refractivity contribution < 1.29 is 8.78 Å². The number of nitrogens with one attached hydrogen (secondary N) is 1. The van der Waals surface area contributed by atoms with E-state index in [9.17, 15) is 8.78 Å². The van der Waals surface area contributed by atoms with E-state index in [-0.39, 0.29) is 0 Å². The van der Waals surface area contributed by atoms with Crippen LogP contribution in [0.3, 0.4) is 0 Å². The summed E-state index contributed by atoms with van der Waals surface area (Å²) in [5.41, 5.74) is 0.422. The summed E-state index contributed by atoms with van der Waals surface area (Å²) < 4.78 is 25.8. The second-order valence-electron chi connectivity index (χ2n) is 3.97. The lowest BCUT2D eigenvalue weighted by Gasteiger charge is -2.04. The average molecular weight is 225 g/mol. The zero-order chi connectivity index (χ0) is 12.0. The van der Waals surface area contributed by atoms with Crippen LogP contribution in [0.5, 0.6) is 0 Å². The molecule has 1 rings (SSSR count). The fraction of sp³-hybridized carbons (Fsp3) is 0.385. The maximum atomic E-state index is 13.2. The zero-order valence-electron chi connectivity index (χ0n) is 9.63. The Morgan fingerprint density at radius 2 is 2.06 bits per heavy atom. The summed E-state index contributed by atoms with van der Waals surface area (Å²) in [6, 6.07) is 4.05. The summed E-state index contributed by atoms with van der Waals surface area (Å²) in [6.45, 7) is 5.00. The van der Waals surface area contributed by atoms with Gasteiger partial charge < -0.3 is 5.32 Å². The Morgan fingerprint density at radius 3 is 2.69 bits per heavy atom. The SMILES string of the molecule is CC(C)NCCC=Cc1ccc(F)cc1F. The van der Waals surface area contributed by atoms with Crippen LogP contribution >= 0.6 is 0 Å². The van der Waals surface area contributed by atoms with E-state index in [1.165, 1.54) is 12.1 Å². The Labute approximate surface area is 95.2 Å². The van der Waals surface area contributed by atoms with Crippen LogP contribution in [-0.4, -0.2) is 12.6 Å². The smallest absolute Gasteiger partial charge is 0.133 e. The minimum atomic E-state index is -0.545. The largest absolute Gasteiger partial charge is 0.314 e. The molecule has 3 heteroatoms. The molecular weight excluding hydrogens is 208 g/mol. The van der Waals surface area contributed by atoms with Gasteiger partial charge in [-0.05, 0) is 25.1 Å². The lowest BCUT2D eigenvalue weighted by Crippen LogP contribution is -2.23. The summed E-state index contributed by atoms with van der Waals surface area (Å²) >= 11 is 0. The Balaban J connectivity index is 2.44. The molecule has 0 heterocycles. The van der Waals surface area contributed by atoms with Gasteiger partial charge in [0.1, 0.15) is 11.6 Å². The summed E-state index contributed by atoms with van der Waals surface area (Å²) in [7, 11) is 0. The Hall–Kier alpha value is -1.22. The summed E-state index contributed by atoms with van der Waals surface area (Å²) in [5.74, 6) is -1.07. The molecule has 16 heavy (non-hydrogen) atoms. The molecule has 1 aromatic rings. The molecule has 0 atom stereocenters. The molecule has 0 unspecified atom stereocenters. The van der Waals surface area contributed by atoms with Gasteiger partial charge in [-0.2, -0.15) is 0 Å². The van der Waals surface area contributed by atoms with E-state index in [0.29, 0.717) is 11.6 Å². The van der Waals surface area contributed by atoms with Gasteiger partial charge in [0.05, 0.1) is 0 Å². The first-order chi connectivity index (χ1) is 7.59. The number of hydrogen-bond acceptors (Lipinski definition) is 1. The van der Waals surface area contributed by atoms with E-state index in [0.717, 1.165) is 19.0 Å². The molecule has 1 N–H and O–H groups in total. The van der Waals surface area contributed by atoms with Gasteiger partial charge in [-0.1, -0.05) is 26.0 Å². The van der Waals surface area contributed by atoms with E-state index >= 15 is 0 Å². The van der Waals surface area contributed by atoms with E-state index in [1.807, 2.05) is 6.08 Å². The predicted octanol–water partition coefficient (Wildman–Crippen LogP) is 3.37. The first kappa shape index (κ1) is 12.8. The Morgan fingerprint density at radius 1 is 1.31 bits per heavy atom. The van der Waals surface area contributed by atoms with Crippen LogP contribution in [-0.2, 0) is 0 Å². The third-order valence-corrected chi connectivity index (χ3v) is 2.12. The van der Waals surface area contributed by atoms with Crippen molar-refractivity contribution in [2.24, 2.45) is 0 Å². The molecule has 0 spiro atoms. The quantitative estimate of drug-likeness (QED) is 0.758. The molecule has 0 aliphatic carbocycles. The second kappa shape index (κ2) is 6.38. The van der Waals surface area contributed by atoms with Crippen LogP contribution in [0.4, 0.5) is 8.78 Å². The third-order valence-electron chi connectivity index (χ3n) is 2.12. The van der Waals surface area contributed by atoms with Crippen molar-refractivity contribution in [3.05, 3.63) is 41.5 Å². The highest BCUT2D eigenvalue weighted by atomic mass is 19.1. The highest BCUT2D eigenvalue weighted by Crippen LogP contribution is 2.11. The van der Waals surface area contributed by atoms with E-state index in [4.69, 9.17) is 0 Å². The standard InChI is InChI=1S/C13H17F2N/c1-10(2)16-8-4-3-5-11-6-7-12(14)9-13(11)15/h3,5-7,9-10,16H,4,8H2,1-2H3. The summed E-state index contributed by atoms with van der Waals surface area (Å²) in [4.78, 5) is 0. The van der Waals surface area contributed by atoms with Gasteiger partial charge >= 0.3 is 0 Å². The van der Waals surface area contributed by atoms with E-state index in [1.54, 1.807) is 6.08 Å². The monoisotopic (exact) mass is 225 g/mol. The molecule has 0 aliphatic heterocycles. The van der Waals surface area contributed by atoms with Crippen molar-refractivity contribution in [3.63, 3.8) is 0 Å². The molecule has 88 valence electrons. The maximum Gasteiger partial charge on any atom is 0.133 e. The first-order valence-corrected chi connectivity index (χ1v) is 5.44. The zero-order valence-corrected chi connectivity index (χ0v) is 9.63. The van der Waals surface area contributed by atoms with Gasteiger partial charge in [0, 0.05) is 17.7 Å². The molecule has 0 bridgehead atoms. The number of hydrogen-bond donors (Lipinski definition) is 1. The van der Waals surface area contributed by atoms with Gasteiger partial charge in [-0.3, -0.25) is 0 Å². The number of halogens is 2. The Kier molecular flexibility index (Phi) is 5.12. The van der Waals surface area contributed by atoms with Crippen LogP contribution in [0.15, 0.2) is 24.3 Å². The van der Waals surface area contributed by atoms with Gasteiger partial charge in [0.15, 0.2) is 0 Å². The van der Waals surface area contributed by atoms with Crippen molar-refractivity contribution in [1.82, 2.24) is 5.32 Å². The van der Waals surface area contributed by atoms with Crippen molar-refractivity contribution in [2.45, 2.75) is 26.3 Å². The highest BCUT2D eigenvalue weighted by molar-refractivity contribution is 5.49. The van der Waals surface area contributed by atoms with Gasteiger partial charge in [-0.15, -0.1) is 0 Å². The van der Waals surface area contributed by atoms with Crippen molar-refractivity contribution >= 4 is 6.08 Å². The fourth-order valence-corrected chi connectivity index (χ4v) is 1.30. The topological polar surface area (TPSA) is 12.0 Å². The average Bonchev–Trinajstić information content (AvgIpc) is 2.20. The molecule has 0 saturated carbocycles. The molecule has 0 aromatic heterocycles. The first-order valence-electron chi connectivity index (χ1n) is 5.44. The maximum absolute atomic E-state index is 13.2. The molecule has 1 aromatic carbocycles. The van der Waals surface area contributed by atoms with Gasteiger partial charge in [0.2, 0.25) is 0 Å². The Bertz CT molecular complexity index is 359. The van der Waals surface area contributed by atoms with Crippen LogP contribution < -0.4 is 5.32 Å². The van der Waals surface area contributed by atoms with Crippen LogP contribution in [0.2, 0.25) is 0 Å². The van der Waals surface area contributed by atoms with E-state index in [2.05, 4.69) is 19.2 Å². The molecule has 0 radical (unpaired) electrons. The second-order valence-corrected chi connectivity index (χ2v) is 3.97. The molecule has 0 saturated heterocycles. The van der Waals surface area contributed by atoms with Crippen molar-refractivity contribution in [3.8, 4) is 0 Å². The summed E-state index contributed by atoms with van der Waals surface area (Å²) in [6.07, 6.45) is 4.39.